The lowest BCUT2D eigenvalue weighted by atomic mass is 10.1. The molecule has 1 amide bonds. The summed E-state index contributed by atoms with van der Waals surface area (Å²) >= 11 is 0. The Morgan fingerprint density at radius 2 is 2.05 bits per heavy atom. The maximum atomic E-state index is 13.5. The fraction of sp³-hybridized carbons (Fsp3) is 0.500. The topological polar surface area (TPSA) is 49.8 Å². The molecule has 1 aromatic carbocycles. The second-order valence-corrected chi connectivity index (χ2v) is 4.93. The Morgan fingerprint density at radius 3 is 2.65 bits per heavy atom. The van der Waals surface area contributed by atoms with Gasteiger partial charge in [0.05, 0.1) is 25.2 Å². The zero-order valence-corrected chi connectivity index (χ0v) is 11.2. The lowest BCUT2D eigenvalue weighted by Gasteiger charge is -2.36. The van der Waals surface area contributed by atoms with Crippen LogP contribution in [-0.2, 0) is 16.0 Å². The van der Waals surface area contributed by atoms with Gasteiger partial charge in [0.25, 0.3) is 0 Å². The maximum Gasteiger partial charge on any atom is 0.227 e. The molecule has 1 fully saturated rings. The molecule has 2 atom stereocenters. The van der Waals surface area contributed by atoms with Gasteiger partial charge in [-0.25, -0.2) is 8.78 Å². The molecule has 1 aromatic rings. The number of amides is 1. The first-order valence-electron chi connectivity index (χ1n) is 6.48. The summed E-state index contributed by atoms with van der Waals surface area (Å²) in [7, 11) is 0. The van der Waals surface area contributed by atoms with Crippen molar-refractivity contribution in [2.45, 2.75) is 25.6 Å². The minimum absolute atomic E-state index is 0.192. The lowest BCUT2D eigenvalue weighted by molar-refractivity contribution is -0.146. The van der Waals surface area contributed by atoms with Crippen molar-refractivity contribution in [2.75, 3.05) is 19.7 Å². The molecule has 1 saturated heterocycles. The van der Waals surface area contributed by atoms with Gasteiger partial charge in [0.15, 0.2) is 0 Å². The van der Waals surface area contributed by atoms with Crippen LogP contribution in [0.1, 0.15) is 12.5 Å². The number of aliphatic hydroxyl groups is 1. The van der Waals surface area contributed by atoms with Crippen LogP contribution in [-0.4, -0.2) is 47.8 Å². The first kappa shape index (κ1) is 14.9. The summed E-state index contributed by atoms with van der Waals surface area (Å²) in [6.45, 7) is 2.18. The van der Waals surface area contributed by atoms with Crippen LogP contribution >= 0.6 is 0 Å². The molecule has 20 heavy (non-hydrogen) atoms. The number of morpholine rings is 1. The van der Waals surface area contributed by atoms with E-state index in [9.17, 15) is 13.6 Å². The number of rotatable bonds is 3. The number of halogens is 2. The summed E-state index contributed by atoms with van der Waals surface area (Å²) in [5, 5.41) is 9.10. The normalized spacial score (nSPS) is 22.9. The van der Waals surface area contributed by atoms with Crippen LogP contribution in [0, 0.1) is 11.6 Å². The van der Waals surface area contributed by atoms with E-state index in [2.05, 4.69) is 0 Å². The van der Waals surface area contributed by atoms with Gasteiger partial charge in [0, 0.05) is 18.7 Å². The van der Waals surface area contributed by atoms with Gasteiger partial charge in [0.2, 0.25) is 5.91 Å². The molecule has 2 unspecified atom stereocenters. The zero-order chi connectivity index (χ0) is 14.7. The quantitative estimate of drug-likeness (QED) is 0.905. The van der Waals surface area contributed by atoms with E-state index in [-0.39, 0.29) is 37.1 Å². The van der Waals surface area contributed by atoms with Gasteiger partial charge in [0.1, 0.15) is 11.6 Å². The van der Waals surface area contributed by atoms with Gasteiger partial charge in [-0.2, -0.15) is 0 Å². The fourth-order valence-electron chi connectivity index (χ4n) is 2.31. The largest absolute Gasteiger partial charge is 0.394 e. The Morgan fingerprint density at radius 1 is 1.40 bits per heavy atom. The van der Waals surface area contributed by atoms with E-state index in [1.807, 2.05) is 0 Å². The fourth-order valence-corrected chi connectivity index (χ4v) is 2.31. The third kappa shape index (κ3) is 3.32. The van der Waals surface area contributed by atoms with Crippen LogP contribution in [0.3, 0.4) is 0 Å². The number of benzene rings is 1. The molecule has 2 rings (SSSR count). The van der Waals surface area contributed by atoms with Crippen LogP contribution in [0.4, 0.5) is 8.78 Å². The predicted octanol–water partition coefficient (Wildman–Crippen LogP) is 1.12. The Bertz CT molecular complexity index is 475. The van der Waals surface area contributed by atoms with E-state index in [0.29, 0.717) is 6.54 Å². The van der Waals surface area contributed by atoms with Crippen molar-refractivity contribution in [3.8, 4) is 0 Å². The minimum Gasteiger partial charge on any atom is -0.394 e. The van der Waals surface area contributed by atoms with E-state index in [4.69, 9.17) is 9.84 Å². The highest BCUT2D eigenvalue weighted by Gasteiger charge is 2.28. The molecule has 0 spiro atoms. The molecule has 0 aliphatic carbocycles. The van der Waals surface area contributed by atoms with Crippen LogP contribution in [0.15, 0.2) is 18.2 Å². The molecule has 0 saturated carbocycles. The third-order valence-electron chi connectivity index (χ3n) is 3.27. The second kappa shape index (κ2) is 6.28. The molecule has 1 aliphatic heterocycles. The molecule has 1 N–H and O–H groups in total. The van der Waals surface area contributed by atoms with Crippen LogP contribution in [0.2, 0.25) is 0 Å². The molecule has 4 nitrogen and oxygen atoms in total. The molecule has 0 radical (unpaired) electrons. The van der Waals surface area contributed by atoms with Crippen molar-refractivity contribution in [2.24, 2.45) is 0 Å². The number of carbonyl (C=O) groups is 1. The molecule has 1 heterocycles. The van der Waals surface area contributed by atoms with E-state index in [0.717, 1.165) is 12.1 Å². The number of carbonyl (C=O) groups excluding carboxylic acids is 1. The van der Waals surface area contributed by atoms with Crippen molar-refractivity contribution < 1.29 is 23.4 Å². The highest BCUT2D eigenvalue weighted by molar-refractivity contribution is 5.79. The number of aliphatic hydroxyl groups excluding tert-OH is 1. The molecular formula is C14H17F2NO3. The third-order valence-corrected chi connectivity index (χ3v) is 3.27. The lowest BCUT2D eigenvalue weighted by Crippen LogP contribution is -2.50. The molecule has 110 valence electrons. The van der Waals surface area contributed by atoms with Gasteiger partial charge in [-0.1, -0.05) is 6.07 Å². The first-order valence-corrected chi connectivity index (χ1v) is 6.48. The van der Waals surface area contributed by atoms with E-state index in [1.54, 1.807) is 6.92 Å². The predicted molar refractivity (Wildman–Crippen MR) is 68.1 cm³/mol. The van der Waals surface area contributed by atoms with Gasteiger partial charge < -0.3 is 14.7 Å². The SMILES string of the molecule is CC1CN(C(=O)Cc2c(F)cccc2F)CC(CO)O1. The monoisotopic (exact) mass is 285 g/mol. The second-order valence-electron chi connectivity index (χ2n) is 4.93. The molecule has 6 heteroatoms. The Balaban J connectivity index is 2.08. The average molecular weight is 285 g/mol. The van der Waals surface area contributed by atoms with Crippen LogP contribution < -0.4 is 0 Å². The maximum absolute atomic E-state index is 13.5. The smallest absolute Gasteiger partial charge is 0.227 e. The molecule has 0 bridgehead atoms. The van der Waals surface area contributed by atoms with E-state index >= 15 is 0 Å². The van der Waals surface area contributed by atoms with Crippen LogP contribution in [0.5, 0.6) is 0 Å². The Hall–Kier alpha value is -1.53. The zero-order valence-electron chi connectivity index (χ0n) is 11.2. The molecule has 0 aromatic heterocycles. The Labute approximate surface area is 116 Å². The summed E-state index contributed by atoms with van der Waals surface area (Å²) in [6.07, 6.45) is -0.993. The number of hydrogen-bond acceptors (Lipinski definition) is 3. The number of ether oxygens (including phenoxy) is 1. The summed E-state index contributed by atoms with van der Waals surface area (Å²) in [5.41, 5.74) is -0.225. The Kier molecular flexibility index (Phi) is 4.67. The van der Waals surface area contributed by atoms with Gasteiger partial charge in [-0.15, -0.1) is 0 Å². The van der Waals surface area contributed by atoms with Gasteiger partial charge in [-0.3, -0.25) is 4.79 Å². The molecule has 1 aliphatic rings. The van der Waals surface area contributed by atoms with Crippen molar-refractivity contribution in [1.82, 2.24) is 4.90 Å². The van der Waals surface area contributed by atoms with Crippen molar-refractivity contribution in [3.05, 3.63) is 35.4 Å². The summed E-state index contributed by atoms with van der Waals surface area (Å²) < 4.78 is 32.5. The van der Waals surface area contributed by atoms with E-state index in [1.165, 1.54) is 11.0 Å². The highest BCUT2D eigenvalue weighted by atomic mass is 19.1. The number of nitrogens with zero attached hydrogens (tertiary/aromatic N) is 1. The van der Waals surface area contributed by atoms with Gasteiger partial charge in [-0.05, 0) is 19.1 Å². The summed E-state index contributed by atoms with van der Waals surface area (Å²) in [5.74, 6) is -1.82. The molecular weight excluding hydrogens is 268 g/mol. The number of hydrogen-bond donors (Lipinski definition) is 1. The van der Waals surface area contributed by atoms with Crippen LogP contribution in [0.25, 0.3) is 0 Å². The van der Waals surface area contributed by atoms with Crippen molar-refractivity contribution in [1.29, 1.82) is 0 Å². The standard InChI is InChI=1S/C14H17F2NO3/c1-9-6-17(7-10(8-18)20-9)14(19)5-11-12(15)3-2-4-13(11)16/h2-4,9-10,18H,5-8H2,1H3. The summed E-state index contributed by atoms with van der Waals surface area (Å²) in [6, 6.07) is 3.52. The van der Waals surface area contributed by atoms with Crippen molar-refractivity contribution >= 4 is 5.91 Å². The highest BCUT2D eigenvalue weighted by Crippen LogP contribution is 2.16. The van der Waals surface area contributed by atoms with E-state index < -0.39 is 17.7 Å². The van der Waals surface area contributed by atoms with Gasteiger partial charge >= 0.3 is 0 Å². The average Bonchev–Trinajstić information content (AvgIpc) is 2.42. The van der Waals surface area contributed by atoms with Crippen molar-refractivity contribution in [3.63, 3.8) is 0 Å². The summed E-state index contributed by atoms with van der Waals surface area (Å²) in [4.78, 5) is 13.6. The first-order chi connectivity index (χ1) is 9.51. The minimum atomic E-state index is -0.724.